The molecular formula is C10H8Cl2F4O. The van der Waals surface area contributed by atoms with Gasteiger partial charge >= 0.3 is 6.18 Å². The highest BCUT2D eigenvalue weighted by Crippen LogP contribution is 2.28. The van der Waals surface area contributed by atoms with E-state index in [4.69, 9.17) is 23.2 Å². The number of ketones is 1. The molecule has 0 saturated heterocycles. The quantitative estimate of drug-likeness (QED) is 0.408. The molecule has 1 aromatic carbocycles. The highest BCUT2D eigenvalue weighted by Gasteiger charge is 2.39. The molecule has 0 radical (unpaired) electrons. The number of carbonyl (C=O) groups excluding carboxylic acids is 1. The summed E-state index contributed by atoms with van der Waals surface area (Å²) in [6.45, 7) is 4.00. The first kappa shape index (κ1) is 16.2. The van der Waals surface area contributed by atoms with Gasteiger partial charge in [0.2, 0.25) is 0 Å². The molecule has 0 amide bonds. The summed E-state index contributed by atoms with van der Waals surface area (Å²) < 4.78 is 48.7. The second-order valence-electron chi connectivity index (χ2n) is 2.58. The van der Waals surface area contributed by atoms with E-state index in [2.05, 4.69) is 0 Å². The Morgan fingerprint density at radius 3 is 1.76 bits per heavy atom. The molecule has 0 aliphatic carbocycles. The molecule has 0 bridgehead atoms. The van der Waals surface area contributed by atoms with Crippen LogP contribution in [0.2, 0.25) is 10.0 Å². The number of benzene rings is 1. The molecule has 0 spiro atoms. The molecule has 1 rings (SSSR count). The van der Waals surface area contributed by atoms with Gasteiger partial charge in [0.1, 0.15) is 0 Å². The van der Waals surface area contributed by atoms with Crippen LogP contribution in [-0.2, 0) is 0 Å². The predicted octanol–water partition coefficient (Wildman–Crippen LogP) is 4.90. The third-order valence-corrected chi connectivity index (χ3v) is 2.05. The highest BCUT2D eigenvalue weighted by molar-refractivity contribution is 6.35. The molecule has 0 aromatic heterocycles. The second kappa shape index (κ2) is 6.21. The van der Waals surface area contributed by atoms with E-state index in [1.54, 1.807) is 0 Å². The molecule has 7 heteroatoms. The zero-order valence-corrected chi connectivity index (χ0v) is 10.3. The number of halogens is 6. The number of Topliss-reactive ketones (excluding diaryl/α,β-unsaturated/α-hetero) is 1. The van der Waals surface area contributed by atoms with Gasteiger partial charge in [0.25, 0.3) is 5.78 Å². The van der Waals surface area contributed by atoms with Gasteiger partial charge in [-0.05, 0) is 12.1 Å². The summed E-state index contributed by atoms with van der Waals surface area (Å²) in [4.78, 5) is 10.7. The van der Waals surface area contributed by atoms with Crippen LogP contribution >= 0.6 is 23.2 Å². The molecule has 0 heterocycles. The minimum absolute atomic E-state index is 0.582. The Balaban J connectivity index is 0.00000121. The van der Waals surface area contributed by atoms with E-state index in [1.165, 1.54) is 0 Å². The van der Waals surface area contributed by atoms with Crippen LogP contribution in [-0.4, -0.2) is 12.0 Å². The largest absolute Gasteiger partial charge is 0.454 e. The van der Waals surface area contributed by atoms with Crippen LogP contribution in [0.3, 0.4) is 0 Å². The molecule has 0 fully saturated rings. The Bertz CT molecular complexity index is 392. The van der Waals surface area contributed by atoms with Gasteiger partial charge in [0.05, 0.1) is 10.0 Å². The first-order chi connectivity index (χ1) is 7.73. The highest BCUT2D eigenvalue weighted by atomic mass is 35.5. The smallest absolute Gasteiger partial charge is 0.284 e. The van der Waals surface area contributed by atoms with Crippen molar-refractivity contribution < 1.29 is 22.4 Å². The lowest BCUT2D eigenvalue weighted by Gasteiger charge is -2.06. The van der Waals surface area contributed by atoms with Crippen molar-refractivity contribution in [3.63, 3.8) is 0 Å². The lowest BCUT2D eigenvalue weighted by atomic mass is 10.1. The lowest BCUT2D eigenvalue weighted by molar-refractivity contribution is -0.0885. The maximum Gasteiger partial charge on any atom is 0.454 e. The van der Waals surface area contributed by atoms with Crippen molar-refractivity contribution in [2.45, 2.75) is 20.0 Å². The molecule has 0 unspecified atom stereocenters. The summed E-state index contributed by atoms with van der Waals surface area (Å²) in [5, 5.41) is -1.26. The number of alkyl halides is 3. The number of carbonyl (C=O) groups is 1. The third-order valence-electron chi connectivity index (χ3n) is 1.50. The number of rotatable bonds is 1. The topological polar surface area (TPSA) is 17.1 Å². The summed E-state index contributed by atoms with van der Waals surface area (Å²) in [7, 11) is 0. The normalized spacial score (nSPS) is 10.6. The summed E-state index contributed by atoms with van der Waals surface area (Å²) in [6.07, 6.45) is -5.04. The van der Waals surface area contributed by atoms with Crippen LogP contribution < -0.4 is 0 Å². The van der Waals surface area contributed by atoms with Crippen LogP contribution in [0, 0.1) is 5.82 Å². The van der Waals surface area contributed by atoms with Crippen LogP contribution in [0.1, 0.15) is 24.2 Å². The van der Waals surface area contributed by atoms with Crippen LogP contribution in [0.5, 0.6) is 0 Å². The van der Waals surface area contributed by atoms with Gasteiger partial charge in [0.15, 0.2) is 5.82 Å². The van der Waals surface area contributed by atoms with E-state index in [1.807, 2.05) is 13.8 Å². The van der Waals surface area contributed by atoms with Crippen molar-refractivity contribution in [2.24, 2.45) is 0 Å². The third kappa shape index (κ3) is 4.16. The van der Waals surface area contributed by atoms with Gasteiger partial charge in [-0.3, -0.25) is 4.79 Å². The van der Waals surface area contributed by atoms with E-state index in [9.17, 15) is 22.4 Å². The molecule has 0 aliphatic heterocycles. The average molecular weight is 291 g/mol. The fourth-order valence-electron chi connectivity index (χ4n) is 0.850. The standard InChI is InChI=1S/C8H2Cl2F4O.C2H6/c9-4-1-3(2-5(10)6(4)11)7(15)8(12,13)14;1-2/h1-2H;1-2H3. The molecule has 96 valence electrons. The van der Waals surface area contributed by atoms with E-state index >= 15 is 0 Å². The Labute approximate surface area is 105 Å². The van der Waals surface area contributed by atoms with Gasteiger partial charge in [-0.15, -0.1) is 0 Å². The van der Waals surface area contributed by atoms with E-state index in [0.29, 0.717) is 12.1 Å². The first-order valence-corrected chi connectivity index (χ1v) is 5.25. The Morgan fingerprint density at radius 2 is 1.47 bits per heavy atom. The molecule has 0 N–H and O–H groups in total. The number of hydrogen-bond acceptors (Lipinski definition) is 1. The van der Waals surface area contributed by atoms with Crippen LogP contribution in [0.25, 0.3) is 0 Å². The maximum absolute atomic E-state index is 12.8. The van der Waals surface area contributed by atoms with Crippen molar-refractivity contribution in [3.05, 3.63) is 33.6 Å². The molecule has 1 aromatic rings. The molecule has 0 aliphatic rings. The Kier molecular flexibility index (Phi) is 5.92. The number of hydrogen-bond donors (Lipinski definition) is 0. The van der Waals surface area contributed by atoms with Crippen LogP contribution in [0.15, 0.2) is 12.1 Å². The molecule has 0 saturated carbocycles. The first-order valence-electron chi connectivity index (χ1n) is 4.49. The predicted molar refractivity (Wildman–Crippen MR) is 58.2 cm³/mol. The summed E-state index contributed by atoms with van der Waals surface area (Å²) >= 11 is 10.5. The van der Waals surface area contributed by atoms with Crippen molar-refractivity contribution in [1.82, 2.24) is 0 Å². The van der Waals surface area contributed by atoms with Gasteiger partial charge in [-0.25, -0.2) is 4.39 Å². The lowest BCUT2D eigenvalue weighted by Crippen LogP contribution is -2.22. The second-order valence-corrected chi connectivity index (χ2v) is 3.40. The van der Waals surface area contributed by atoms with Gasteiger partial charge < -0.3 is 0 Å². The fraction of sp³-hybridized carbons (Fsp3) is 0.300. The molecular weight excluding hydrogens is 283 g/mol. The molecule has 0 atom stereocenters. The van der Waals surface area contributed by atoms with Crippen molar-refractivity contribution in [1.29, 1.82) is 0 Å². The van der Waals surface area contributed by atoms with E-state index in [-0.39, 0.29) is 0 Å². The maximum atomic E-state index is 12.8. The fourth-order valence-corrected chi connectivity index (χ4v) is 1.34. The van der Waals surface area contributed by atoms with E-state index in [0.717, 1.165) is 0 Å². The van der Waals surface area contributed by atoms with Crippen molar-refractivity contribution in [3.8, 4) is 0 Å². The summed E-state index contributed by atoms with van der Waals surface area (Å²) in [5.41, 5.74) is -0.793. The molecule has 17 heavy (non-hydrogen) atoms. The van der Waals surface area contributed by atoms with E-state index < -0.39 is 33.4 Å². The SMILES string of the molecule is CC.O=C(c1cc(Cl)c(F)c(Cl)c1)C(F)(F)F. The van der Waals surface area contributed by atoms with Gasteiger partial charge in [-0.1, -0.05) is 37.0 Å². The van der Waals surface area contributed by atoms with Crippen molar-refractivity contribution >= 4 is 29.0 Å². The minimum atomic E-state index is -5.04. The zero-order valence-electron chi connectivity index (χ0n) is 8.83. The minimum Gasteiger partial charge on any atom is -0.284 e. The van der Waals surface area contributed by atoms with Gasteiger partial charge in [0, 0.05) is 5.56 Å². The Morgan fingerprint density at radius 1 is 1.12 bits per heavy atom. The van der Waals surface area contributed by atoms with Gasteiger partial charge in [-0.2, -0.15) is 13.2 Å². The summed E-state index contributed by atoms with van der Waals surface area (Å²) in [5.74, 6) is -3.18. The van der Waals surface area contributed by atoms with Crippen LogP contribution in [0.4, 0.5) is 17.6 Å². The molecule has 1 nitrogen and oxygen atoms in total. The van der Waals surface area contributed by atoms with Crippen molar-refractivity contribution in [2.75, 3.05) is 0 Å². The Hall–Kier alpha value is -0.810. The average Bonchev–Trinajstić information content (AvgIpc) is 2.25. The summed E-state index contributed by atoms with van der Waals surface area (Å²) in [6, 6.07) is 1.16. The zero-order chi connectivity index (χ0) is 13.8. The monoisotopic (exact) mass is 290 g/mol.